The zero-order valence-electron chi connectivity index (χ0n) is 9.90. The Morgan fingerprint density at radius 3 is 2.89 bits per heavy atom. The Hall–Kier alpha value is -0.600. The largest absolute Gasteiger partial charge is 0.396 e. The third kappa shape index (κ3) is 2.70. The van der Waals surface area contributed by atoms with Crippen LogP contribution in [0.2, 0.25) is 0 Å². The molecule has 1 saturated heterocycles. The zero-order chi connectivity index (χ0) is 13.1. The Morgan fingerprint density at radius 1 is 1.44 bits per heavy atom. The summed E-state index contributed by atoms with van der Waals surface area (Å²) in [7, 11) is 0. The molecule has 6 nitrogen and oxygen atoms in total. The van der Waals surface area contributed by atoms with Gasteiger partial charge in [-0.15, -0.1) is 6.58 Å². The minimum Gasteiger partial charge on any atom is -0.396 e. The van der Waals surface area contributed by atoms with Gasteiger partial charge in [-0.25, -0.2) is 0 Å². The van der Waals surface area contributed by atoms with Crippen LogP contribution in [-0.4, -0.2) is 63.4 Å². The summed E-state index contributed by atoms with van der Waals surface area (Å²) in [6.45, 7) is 4.10. The van der Waals surface area contributed by atoms with Gasteiger partial charge < -0.3 is 25.4 Å². The van der Waals surface area contributed by atoms with Gasteiger partial charge in [-0.3, -0.25) is 4.99 Å². The van der Waals surface area contributed by atoms with Crippen LogP contribution in [0, 0.1) is 0 Å². The van der Waals surface area contributed by atoms with Gasteiger partial charge in [0.05, 0.1) is 6.10 Å². The molecule has 2 aliphatic rings. The highest BCUT2D eigenvalue weighted by atomic mass is 32.2. The first-order chi connectivity index (χ1) is 8.67. The predicted molar refractivity (Wildman–Crippen MR) is 69.4 cm³/mol. The summed E-state index contributed by atoms with van der Waals surface area (Å²) >= 11 is 1.39. The molecule has 2 rings (SSSR count). The first-order valence-electron chi connectivity index (χ1n) is 5.89. The lowest BCUT2D eigenvalue weighted by atomic mass is 9.96. The van der Waals surface area contributed by atoms with Gasteiger partial charge >= 0.3 is 0 Å². The van der Waals surface area contributed by atoms with E-state index >= 15 is 0 Å². The second kappa shape index (κ2) is 6.03. The van der Waals surface area contributed by atoms with Crippen molar-refractivity contribution in [2.45, 2.75) is 36.2 Å². The van der Waals surface area contributed by atoms with Gasteiger partial charge in [-0.05, 0) is 6.42 Å². The van der Waals surface area contributed by atoms with Crippen molar-refractivity contribution in [1.29, 1.82) is 0 Å². The second-order valence-electron chi connectivity index (χ2n) is 4.25. The van der Waals surface area contributed by atoms with Crippen LogP contribution < -0.4 is 5.32 Å². The molecule has 0 aromatic heterocycles. The van der Waals surface area contributed by atoms with Gasteiger partial charge in [0.1, 0.15) is 23.7 Å². The fourth-order valence-electron chi connectivity index (χ4n) is 2.04. The molecule has 0 aromatic carbocycles. The van der Waals surface area contributed by atoms with Gasteiger partial charge in [-0.1, -0.05) is 17.8 Å². The number of nitrogens with zero attached hydrogens (tertiary/aromatic N) is 1. The summed E-state index contributed by atoms with van der Waals surface area (Å²) in [5, 5.41) is 32.5. The van der Waals surface area contributed by atoms with Crippen molar-refractivity contribution in [1.82, 2.24) is 5.32 Å². The molecule has 0 saturated carbocycles. The summed E-state index contributed by atoms with van der Waals surface area (Å²) in [5.41, 5.74) is -0.313. The van der Waals surface area contributed by atoms with E-state index in [1.54, 1.807) is 6.08 Å². The Kier molecular flexibility index (Phi) is 4.63. The maximum absolute atomic E-state index is 10.0. The summed E-state index contributed by atoms with van der Waals surface area (Å²) < 4.78 is 5.66. The van der Waals surface area contributed by atoms with Crippen LogP contribution in [-0.2, 0) is 4.74 Å². The highest BCUT2D eigenvalue weighted by molar-refractivity contribution is 8.14. The van der Waals surface area contributed by atoms with Crippen molar-refractivity contribution in [3.8, 4) is 0 Å². The quantitative estimate of drug-likeness (QED) is 0.495. The molecule has 0 aromatic rings. The second-order valence-corrected chi connectivity index (χ2v) is 5.34. The van der Waals surface area contributed by atoms with Crippen LogP contribution in [0.3, 0.4) is 0 Å². The topological polar surface area (TPSA) is 94.3 Å². The number of nitrogens with one attached hydrogen (secondary N) is 1. The maximum atomic E-state index is 10.0. The van der Waals surface area contributed by atoms with Crippen molar-refractivity contribution in [2.24, 2.45) is 4.99 Å². The minimum atomic E-state index is -1.01. The fourth-order valence-corrected chi connectivity index (χ4v) is 3.17. The highest BCUT2D eigenvalue weighted by Gasteiger charge is 2.47. The number of fused-ring (bicyclic) bond motifs is 1. The van der Waals surface area contributed by atoms with Gasteiger partial charge in [-0.2, -0.15) is 0 Å². The first-order valence-corrected chi connectivity index (χ1v) is 6.77. The highest BCUT2D eigenvalue weighted by Crippen LogP contribution is 2.36. The van der Waals surface area contributed by atoms with E-state index in [2.05, 4.69) is 16.9 Å². The Labute approximate surface area is 110 Å². The van der Waals surface area contributed by atoms with Gasteiger partial charge in [0.2, 0.25) is 0 Å². The number of aliphatic hydroxyl groups excluding tert-OH is 3. The SMILES string of the molecule is C=CCNC1=N[C@@H]2[C@@H](O)[C@@H](O)[C@@H](CCO)O[C@@H]2S1. The molecule has 5 atom stereocenters. The third-order valence-corrected chi connectivity index (χ3v) is 4.07. The predicted octanol–water partition coefficient (Wildman–Crippen LogP) is -0.938. The van der Waals surface area contributed by atoms with Crippen molar-refractivity contribution in [3.05, 3.63) is 12.7 Å². The van der Waals surface area contributed by atoms with Gasteiger partial charge in [0.15, 0.2) is 5.17 Å². The van der Waals surface area contributed by atoms with Crippen LogP contribution in [0.25, 0.3) is 0 Å². The fraction of sp³-hybridized carbons (Fsp3) is 0.727. The number of ether oxygens (including phenoxy) is 1. The van der Waals surface area contributed by atoms with E-state index in [0.29, 0.717) is 18.1 Å². The maximum Gasteiger partial charge on any atom is 0.159 e. The molecule has 1 fully saturated rings. The molecule has 0 amide bonds. The minimum absolute atomic E-state index is 0.0844. The number of hydrogen-bond donors (Lipinski definition) is 4. The summed E-state index contributed by atoms with van der Waals surface area (Å²) in [6.07, 6.45) is -0.506. The molecule has 7 heteroatoms. The molecule has 0 aliphatic carbocycles. The van der Waals surface area contributed by atoms with Crippen molar-refractivity contribution < 1.29 is 20.1 Å². The number of aliphatic hydroxyl groups is 3. The number of rotatable bonds is 4. The molecular formula is C11H18N2O4S. The van der Waals surface area contributed by atoms with Gasteiger partial charge in [0.25, 0.3) is 0 Å². The Balaban J connectivity index is 2.01. The number of amidine groups is 1. The Morgan fingerprint density at radius 2 is 2.22 bits per heavy atom. The van der Waals surface area contributed by atoms with E-state index < -0.39 is 24.4 Å². The average Bonchev–Trinajstić information content (AvgIpc) is 2.76. The van der Waals surface area contributed by atoms with E-state index in [4.69, 9.17) is 9.84 Å². The third-order valence-electron chi connectivity index (χ3n) is 2.97. The molecule has 102 valence electrons. The number of thioether (sulfide) groups is 1. The van der Waals surface area contributed by atoms with Crippen LogP contribution in [0.1, 0.15) is 6.42 Å². The van der Waals surface area contributed by atoms with Crippen LogP contribution >= 0.6 is 11.8 Å². The first kappa shape index (κ1) is 13.8. The Bertz CT molecular complexity index is 339. The summed E-state index contributed by atoms with van der Waals surface area (Å²) in [5.74, 6) is 0. The van der Waals surface area contributed by atoms with E-state index in [0.717, 1.165) is 0 Å². The molecule has 0 radical (unpaired) electrons. The van der Waals surface area contributed by atoms with Crippen molar-refractivity contribution in [2.75, 3.05) is 13.2 Å². The molecule has 4 N–H and O–H groups in total. The lowest BCUT2D eigenvalue weighted by Gasteiger charge is -2.38. The molecule has 0 unspecified atom stereocenters. The summed E-state index contributed by atoms with van der Waals surface area (Å²) in [6, 6.07) is -0.466. The zero-order valence-corrected chi connectivity index (χ0v) is 10.7. The van der Waals surface area contributed by atoms with Crippen LogP contribution in [0.4, 0.5) is 0 Å². The van der Waals surface area contributed by atoms with Crippen LogP contribution in [0.15, 0.2) is 17.6 Å². The number of aliphatic imine (C=N–C) groups is 1. The molecule has 0 spiro atoms. The molecule has 0 bridgehead atoms. The smallest absolute Gasteiger partial charge is 0.159 e. The van der Waals surface area contributed by atoms with E-state index in [9.17, 15) is 10.2 Å². The van der Waals surface area contributed by atoms with Crippen molar-refractivity contribution >= 4 is 16.9 Å². The number of hydrogen-bond acceptors (Lipinski definition) is 7. The molecule has 18 heavy (non-hydrogen) atoms. The van der Waals surface area contributed by atoms with E-state index in [-0.39, 0.29) is 12.0 Å². The van der Waals surface area contributed by atoms with E-state index in [1.807, 2.05) is 0 Å². The summed E-state index contributed by atoms with van der Waals surface area (Å²) in [4.78, 5) is 4.30. The standard InChI is InChI=1S/C11H18N2O4S/c1-2-4-12-11-13-7-9(16)8(15)6(3-5-14)17-10(7)18-11/h2,6-10,14-16H,1,3-5H2,(H,12,13)/t6-,7-,8+,9-,10-/m1/s1. The lowest BCUT2D eigenvalue weighted by molar-refractivity contribution is -0.156. The van der Waals surface area contributed by atoms with Gasteiger partial charge in [0, 0.05) is 13.2 Å². The van der Waals surface area contributed by atoms with E-state index in [1.165, 1.54) is 11.8 Å². The molecule has 2 aliphatic heterocycles. The van der Waals surface area contributed by atoms with Crippen molar-refractivity contribution in [3.63, 3.8) is 0 Å². The normalized spacial score (nSPS) is 39.1. The lowest BCUT2D eigenvalue weighted by Crippen LogP contribution is -2.54. The molecule has 2 heterocycles. The average molecular weight is 274 g/mol. The monoisotopic (exact) mass is 274 g/mol. The van der Waals surface area contributed by atoms with Crippen LogP contribution in [0.5, 0.6) is 0 Å². The molecular weight excluding hydrogens is 256 g/mol.